The molecule has 0 saturated carbocycles. The molecule has 0 aromatic carbocycles. The van der Waals surface area contributed by atoms with Gasteiger partial charge in [-0.1, -0.05) is 0 Å². The van der Waals surface area contributed by atoms with E-state index in [1.54, 1.807) is 24.3 Å². The summed E-state index contributed by atoms with van der Waals surface area (Å²) in [5.41, 5.74) is 0.804. The maximum Gasteiger partial charge on any atom is 0.255 e. The molecular formula is C11H14N2O2. The summed E-state index contributed by atoms with van der Waals surface area (Å²) in [6, 6.07) is 3.68. The van der Waals surface area contributed by atoms with Crippen LogP contribution in [0.25, 0.3) is 0 Å². The van der Waals surface area contributed by atoms with Crippen molar-refractivity contribution in [2.24, 2.45) is 0 Å². The van der Waals surface area contributed by atoms with Gasteiger partial charge in [0.25, 0.3) is 5.91 Å². The zero-order valence-electron chi connectivity index (χ0n) is 8.72. The minimum Gasteiger partial charge on any atom is -0.368 e. The van der Waals surface area contributed by atoms with E-state index in [-0.39, 0.29) is 12.0 Å². The fraction of sp³-hybridized carbons (Fsp3) is 0.455. The van der Waals surface area contributed by atoms with E-state index in [1.807, 2.05) is 12.1 Å². The van der Waals surface area contributed by atoms with Gasteiger partial charge in [0, 0.05) is 19.9 Å². The third-order valence-electron chi connectivity index (χ3n) is 2.57. The minimum atomic E-state index is -0.268. The number of ether oxygens (including phenoxy) is 1. The second-order valence-electron chi connectivity index (χ2n) is 3.61. The van der Waals surface area contributed by atoms with Gasteiger partial charge in [0.05, 0.1) is 11.9 Å². The molecule has 4 nitrogen and oxygen atoms in total. The third kappa shape index (κ3) is 2.15. The molecule has 1 amide bonds. The quantitative estimate of drug-likeness (QED) is 0.730. The molecule has 0 radical (unpaired) electrons. The largest absolute Gasteiger partial charge is 0.368 e. The first kappa shape index (κ1) is 10.1. The van der Waals surface area contributed by atoms with Gasteiger partial charge in [-0.15, -0.1) is 0 Å². The van der Waals surface area contributed by atoms with Crippen LogP contribution in [-0.4, -0.2) is 30.6 Å². The van der Waals surface area contributed by atoms with E-state index in [2.05, 4.69) is 4.98 Å². The molecule has 0 aliphatic carbocycles. The van der Waals surface area contributed by atoms with Gasteiger partial charge in [0.1, 0.15) is 6.10 Å². The van der Waals surface area contributed by atoms with Crippen molar-refractivity contribution in [2.45, 2.75) is 18.9 Å². The van der Waals surface area contributed by atoms with Crippen LogP contribution in [-0.2, 0) is 9.53 Å². The van der Waals surface area contributed by atoms with E-state index >= 15 is 0 Å². The normalized spacial score (nSPS) is 20.2. The molecule has 0 spiro atoms. The van der Waals surface area contributed by atoms with Crippen LogP contribution in [0.3, 0.4) is 0 Å². The van der Waals surface area contributed by atoms with Crippen LogP contribution in [0.2, 0.25) is 0 Å². The number of nitrogens with zero attached hydrogens (tertiary/aromatic N) is 2. The van der Waals surface area contributed by atoms with Gasteiger partial charge < -0.3 is 9.64 Å². The van der Waals surface area contributed by atoms with Crippen LogP contribution < -0.4 is 4.90 Å². The summed E-state index contributed by atoms with van der Waals surface area (Å²) in [6.45, 7) is 0.692. The van der Waals surface area contributed by atoms with Crippen LogP contribution in [0.4, 0.5) is 5.69 Å². The van der Waals surface area contributed by atoms with E-state index < -0.39 is 0 Å². The van der Waals surface area contributed by atoms with E-state index in [1.165, 1.54) is 0 Å². The molecule has 1 fully saturated rings. The highest BCUT2D eigenvalue weighted by atomic mass is 16.5. The first-order chi connectivity index (χ1) is 7.29. The molecule has 0 bridgehead atoms. The topological polar surface area (TPSA) is 42.4 Å². The van der Waals surface area contributed by atoms with Crippen LogP contribution in [0.1, 0.15) is 12.8 Å². The maximum atomic E-state index is 11.9. The number of hydrogen-bond acceptors (Lipinski definition) is 3. The molecule has 80 valence electrons. The average Bonchev–Trinajstić information content (AvgIpc) is 2.82. The van der Waals surface area contributed by atoms with Gasteiger partial charge >= 0.3 is 0 Å². The van der Waals surface area contributed by atoms with Crippen molar-refractivity contribution in [3.8, 4) is 0 Å². The predicted molar refractivity (Wildman–Crippen MR) is 56.6 cm³/mol. The Balaban J connectivity index is 2.07. The lowest BCUT2D eigenvalue weighted by molar-refractivity contribution is -0.127. The second-order valence-corrected chi connectivity index (χ2v) is 3.61. The molecule has 0 N–H and O–H groups in total. The standard InChI is InChI=1S/C11H14N2O2/c1-13(9-4-2-6-12-8-9)11(14)10-5-3-7-15-10/h2,4,6,8,10H,3,5,7H2,1H3. The minimum absolute atomic E-state index is 0.0144. The molecule has 2 rings (SSSR count). The number of aromatic nitrogens is 1. The maximum absolute atomic E-state index is 11.9. The molecule has 1 unspecified atom stereocenters. The van der Waals surface area contributed by atoms with Crippen molar-refractivity contribution in [2.75, 3.05) is 18.6 Å². The van der Waals surface area contributed by atoms with Crippen molar-refractivity contribution < 1.29 is 9.53 Å². The summed E-state index contributed by atoms with van der Waals surface area (Å²) < 4.78 is 5.35. The van der Waals surface area contributed by atoms with E-state index in [0.717, 1.165) is 18.5 Å². The fourth-order valence-corrected chi connectivity index (χ4v) is 1.67. The number of likely N-dealkylation sites (N-methyl/N-ethyl adjacent to an activating group) is 1. The Morgan fingerprint density at radius 2 is 2.53 bits per heavy atom. The highest BCUT2D eigenvalue weighted by Gasteiger charge is 2.26. The summed E-state index contributed by atoms with van der Waals surface area (Å²) in [5, 5.41) is 0. The van der Waals surface area contributed by atoms with Crippen molar-refractivity contribution in [3.05, 3.63) is 24.5 Å². The Morgan fingerprint density at radius 3 is 3.13 bits per heavy atom. The summed E-state index contributed by atoms with van der Waals surface area (Å²) >= 11 is 0. The molecule has 1 saturated heterocycles. The van der Waals surface area contributed by atoms with Crippen molar-refractivity contribution in [3.63, 3.8) is 0 Å². The molecule has 15 heavy (non-hydrogen) atoms. The Hall–Kier alpha value is -1.42. The number of carbonyl (C=O) groups is 1. The molecular weight excluding hydrogens is 192 g/mol. The van der Waals surface area contributed by atoms with E-state index in [4.69, 9.17) is 4.74 Å². The van der Waals surface area contributed by atoms with Gasteiger partial charge in [-0.3, -0.25) is 9.78 Å². The first-order valence-electron chi connectivity index (χ1n) is 5.08. The van der Waals surface area contributed by atoms with E-state index in [9.17, 15) is 4.79 Å². The third-order valence-corrected chi connectivity index (χ3v) is 2.57. The molecule has 1 aromatic heterocycles. The Kier molecular flexibility index (Phi) is 2.97. The number of pyridine rings is 1. The molecule has 4 heteroatoms. The van der Waals surface area contributed by atoms with Gasteiger partial charge in [0.15, 0.2) is 0 Å². The van der Waals surface area contributed by atoms with Crippen LogP contribution in [0.15, 0.2) is 24.5 Å². The molecule has 1 aliphatic rings. The van der Waals surface area contributed by atoms with Gasteiger partial charge in [-0.25, -0.2) is 0 Å². The van der Waals surface area contributed by atoms with Crippen molar-refractivity contribution >= 4 is 11.6 Å². The number of rotatable bonds is 2. The summed E-state index contributed by atoms with van der Waals surface area (Å²) in [5.74, 6) is 0.0144. The highest BCUT2D eigenvalue weighted by Crippen LogP contribution is 2.17. The zero-order valence-corrected chi connectivity index (χ0v) is 8.72. The number of hydrogen-bond donors (Lipinski definition) is 0. The second kappa shape index (κ2) is 4.40. The summed E-state index contributed by atoms with van der Waals surface area (Å²) in [4.78, 5) is 17.5. The van der Waals surface area contributed by atoms with Gasteiger partial charge in [-0.05, 0) is 25.0 Å². The molecule has 1 aliphatic heterocycles. The van der Waals surface area contributed by atoms with E-state index in [0.29, 0.717) is 6.61 Å². The fourth-order valence-electron chi connectivity index (χ4n) is 1.67. The Morgan fingerprint density at radius 1 is 1.67 bits per heavy atom. The predicted octanol–water partition coefficient (Wildman–Crippen LogP) is 1.22. The van der Waals surface area contributed by atoms with Crippen LogP contribution in [0.5, 0.6) is 0 Å². The first-order valence-corrected chi connectivity index (χ1v) is 5.08. The number of anilines is 1. The number of carbonyl (C=O) groups excluding carboxylic acids is 1. The van der Waals surface area contributed by atoms with Crippen molar-refractivity contribution in [1.82, 2.24) is 4.98 Å². The lowest BCUT2D eigenvalue weighted by Crippen LogP contribution is -2.36. The van der Waals surface area contributed by atoms with Gasteiger partial charge in [-0.2, -0.15) is 0 Å². The van der Waals surface area contributed by atoms with Gasteiger partial charge in [0.2, 0.25) is 0 Å². The average molecular weight is 206 g/mol. The monoisotopic (exact) mass is 206 g/mol. The molecule has 2 heterocycles. The summed E-state index contributed by atoms with van der Waals surface area (Å²) in [6.07, 6.45) is 4.89. The lowest BCUT2D eigenvalue weighted by Gasteiger charge is -2.20. The smallest absolute Gasteiger partial charge is 0.255 e. The van der Waals surface area contributed by atoms with Crippen molar-refractivity contribution in [1.29, 1.82) is 0 Å². The molecule has 1 aromatic rings. The van der Waals surface area contributed by atoms with Crippen LogP contribution >= 0.6 is 0 Å². The number of amides is 1. The lowest BCUT2D eigenvalue weighted by atomic mass is 10.2. The summed E-state index contributed by atoms with van der Waals surface area (Å²) in [7, 11) is 1.75. The Bertz CT molecular complexity index is 334. The Labute approximate surface area is 88.9 Å². The highest BCUT2D eigenvalue weighted by molar-refractivity contribution is 5.96. The molecule has 1 atom stereocenters. The van der Waals surface area contributed by atoms with Crippen LogP contribution in [0, 0.1) is 0 Å². The zero-order chi connectivity index (χ0) is 10.7. The SMILES string of the molecule is CN(C(=O)C1CCCO1)c1cccnc1.